The molecule has 0 aromatic carbocycles. The predicted molar refractivity (Wildman–Crippen MR) is 55.6 cm³/mol. The van der Waals surface area contributed by atoms with Crippen LogP contribution in [0, 0.1) is 6.92 Å². The Kier molecular flexibility index (Phi) is 4.19. The van der Waals surface area contributed by atoms with E-state index in [9.17, 15) is 9.59 Å². The number of aryl methyl sites for hydroxylation is 1. The second kappa shape index (κ2) is 5.42. The molecule has 0 unspecified atom stereocenters. The minimum absolute atomic E-state index is 0.0587. The molecule has 0 aliphatic carbocycles. The van der Waals surface area contributed by atoms with Crippen molar-refractivity contribution in [2.75, 3.05) is 18.5 Å². The molecule has 1 rings (SSSR count). The summed E-state index contributed by atoms with van der Waals surface area (Å²) in [5, 5.41) is 15.2. The molecule has 7 heteroatoms. The molecular formula is C8H11N3O3S. The molecule has 0 bridgehead atoms. The number of carbonyl (C=O) groups excluding carboxylic acids is 2. The highest BCUT2D eigenvalue weighted by Gasteiger charge is 2.13. The van der Waals surface area contributed by atoms with E-state index in [0.29, 0.717) is 5.13 Å². The molecule has 0 spiro atoms. The fourth-order valence-corrected chi connectivity index (χ4v) is 1.50. The van der Waals surface area contributed by atoms with Gasteiger partial charge in [-0.05, 0) is 6.92 Å². The van der Waals surface area contributed by atoms with Crippen LogP contribution in [0.5, 0.6) is 0 Å². The lowest BCUT2D eigenvalue weighted by Gasteiger charge is -2.01. The molecule has 1 aromatic rings. The molecule has 0 saturated heterocycles. The summed E-state index contributed by atoms with van der Waals surface area (Å²) in [4.78, 5) is 26.2. The van der Waals surface area contributed by atoms with E-state index in [4.69, 9.17) is 5.11 Å². The van der Waals surface area contributed by atoms with Gasteiger partial charge in [0.1, 0.15) is 0 Å². The van der Waals surface area contributed by atoms with Crippen LogP contribution in [0.3, 0.4) is 0 Å². The first kappa shape index (κ1) is 11.6. The molecule has 1 aromatic heterocycles. The van der Waals surface area contributed by atoms with E-state index >= 15 is 0 Å². The van der Waals surface area contributed by atoms with Gasteiger partial charge in [-0.15, -0.1) is 11.3 Å². The molecule has 0 saturated carbocycles. The van der Waals surface area contributed by atoms with Crippen molar-refractivity contribution in [1.82, 2.24) is 10.3 Å². The zero-order valence-corrected chi connectivity index (χ0v) is 8.93. The van der Waals surface area contributed by atoms with Gasteiger partial charge in [-0.2, -0.15) is 0 Å². The average molecular weight is 229 g/mol. The van der Waals surface area contributed by atoms with Crippen LogP contribution >= 0.6 is 11.3 Å². The summed E-state index contributed by atoms with van der Waals surface area (Å²) in [6.07, 6.45) is 0. The number of nitrogens with zero attached hydrogens (tertiary/aromatic N) is 1. The van der Waals surface area contributed by atoms with Crippen LogP contribution in [0.1, 0.15) is 5.69 Å². The van der Waals surface area contributed by atoms with Crippen LogP contribution in [-0.4, -0.2) is 35.1 Å². The van der Waals surface area contributed by atoms with Crippen molar-refractivity contribution in [3.05, 3.63) is 11.1 Å². The average Bonchev–Trinajstić information content (AvgIpc) is 2.60. The van der Waals surface area contributed by atoms with Crippen molar-refractivity contribution >= 4 is 28.3 Å². The zero-order valence-electron chi connectivity index (χ0n) is 8.11. The largest absolute Gasteiger partial charge is 0.395 e. The van der Waals surface area contributed by atoms with Gasteiger partial charge in [0.25, 0.3) is 0 Å². The monoisotopic (exact) mass is 229 g/mol. The second-order valence-electron chi connectivity index (χ2n) is 2.73. The van der Waals surface area contributed by atoms with Crippen LogP contribution in [-0.2, 0) is 9.59 Å². The Balaban J connectivity index is 2.45. The molecule has 3 N–H and O–H groups in total. The lowest BCUT2D eigenvalue weighted by Crippen LogP contribution is -2.36. The molecule has 1 heterocycles. The number of aromatic nitrogens is 1. The summed E-state index contributed by atoms with van der Waals surface area (Å²) in [6, 6.07) is 0. The zero-order chi connectivity index (χ0) is 11.3. The Morgan fingerprint density at radius 3 is 2.80 bits per heavy atom. The van der Waals surface area contributed by atoms with E-state index in [-0.39, 0.29) is 13.2 Å². The van der Waals surface area contributed by atoms with Crippen LogP contribution in [0.25, 0.3) is 0 Å². The van der Waals surface area contributed by atoms with Crippen LogP contribution in [0.4, 0.5) is 5.13 Å². The van der Waals surface area contributed by atoms with Gasteiger partial charge in [0.15, 0.2) is 5.13 Å². The number of thiazole rings is 1. The van der Waals surface area contributed by atoms with Gasteiger partial charge in [-0.1, -0.05) is 0 Å². The minimum atomic E-state index is -0.781. The van der Waals surface area contributed by atoms with Crippen molar-refractivity contribution in [3.8, 4) is 0 Å². The Labute approximate surface area is 90.3 Å². The summed E-state index contributed by atoms with van der Waals surface area (Å²) >= 11 is 1.25. The fraction of sp³-hybridized carbons (Fsp3) is 0.375. The van der Waals surface area contributed by atoms with Crippen molar-refractivity contribution in [2.45, 2.75) is 6.92 Å². The molecule has 2 amide bonds. The smallest absolute Gasteiger partial charge is 0.315 e. The first-order valence-electron chi connectivity index (χ1n) is 4.25. The minimum Gasteiger partial charge on any atom is -0.395 e. The Morgan fingerprint density at radius 2 is 2.27 bits per heavy atom. The summed E-state index contributed by atoms with van der Waals surface area (Å²) in [7, 11) is 0. The van der Waals surface area contributed by atoms with Crippen LogP contribution in [0.2, 0.25) is 0 Å². The van der Waals surface area contributed by atoms with Gasteiger partial charge in [0.05, 0.1) is 12.3 Å². The molecule has 6 nitrogen and oxygen atoms in total. The molecular weight excluding hydrogens is 218 g/mol. The van der Waals surface area contributed by atoms with E-state index in [1.807, 2.05) is 0 Å². The summed E-state index contributed by atoms with van der Waals surface area (Å²) in [6.45, 7) is 1.65. The lowest BCUT2D eigenvalue weighted by molar-refractivity contribution is -0.136. The van der Waals surface area contributed by atoms with E-state index in [1.165, 1.54) is 11.3 Å². The highest BCUT2D eigenvalue weighted by atomic mass is 32.1. The van der Waals surface area contributed by atoms with Crippen molar-refractivity contribution in [2.24, 2.45) is 0 Å². The molecule has 82 valence electrons. The van der Waals surface area contributed by atoms with Gasteiger partial charge in [0, 0.05) is 11.9 Å². The quantitative estimate of drug-likeness (QED) is 0.609. The molecule has 15 heavy (non-hydrogen) atoms. The maximum Gasteiger partial charge on any atom is 0.315 e. The number of hydrogen-bond acceptors (Lipinski definition) is 5. The summed E-state index contributed by atoms with van der Waals surface area (Å²) in [5.41, 5.74) is 0.783. The highest BCUT2D eigenvalue weighted by molar-refractivity contribution is 7.14. The molecule has 0 fully saturated rings. The highest BCUT2D eigenvalue weighted by Crippen LogP contribution is 2.13. The third-order valence-electron chi connectivity index (χ3n) is 1.44. The molecule has 0 atom stereocenters. The van der Waals surface area contributed by atoms with Crippen LogP contribution < -0.4 is 10.6 Å². The number of carbonyl (C=O) groups is 2. The third kappa shape index (κ3) is 3.64. The number of nitrogens with one attached hydrogen (secondary N) is 2. The Bertz CT molecular complexity index is 364. The van der Waals surface area contributed by atoms with E-state index in [0.717, 1.165) is 5.69 Å². The normalized spacial score (nSPS) is 9.73. The van der Waals surface area contributed by atoms with Crippen LogP contribution in [0.15, 0.2) is 5.38 Å². The standard InChI is InChI=1S/C8H11N3O3S/c1-5-4-15-8(10-5)11-7(14)6(13)9-2-3-12/h4,12H,2-3H2,1H3,(H,9,13)(H,10,11,14). The van der Waals surface area contributed by atoms with Crippen molar-refractivity contribution in [3.63, 3.8) is 0 Å². The maximum atomic E-state index is 11.2. The number of amides is 2. The molecule has 0 aliphatic heterocycles. The van der Waals surface area contributed by atoms with Gasteiger partial charge in [0.2, 0.25) is 0 Å². The molecule has 0 radical (unpaired) electrons. The van der Waals surface area contributed by atoms with Gasteiger partial charge < -0.3 is 10.4 Å². The first-order chi connectivity index (χ1) is 7.13. The topological polar surface area (TPSA) is 91.3 Å². The van der Waals surface area contributed by atoms with Gasteiger partial charge in [-0.3, -0.25) is 14.9 Å². The van der Waals surface area contributed by atoms with Gasteiger partial charge >= 0.3 is 11.8 Å². The number of rotatable bonds is 3. The Morgan fingerprint density at radius 1 is 1.53 bits per heavy atom. The summed E-state index contributed by atoms with van der Waals surface area (Å²) < 4.78 is 0. The lowest BCUT2D eigenvalue weighted by atomic mass is 10.5. The van der Waals surface area contributed by atoms with E-state index in [1.54, 1.807) is 12.3 Å². The number of hydrogen-bond donors (Lipinski definition) is 3. The summed E-state index contributed by atoms with van der Waals surface area (Å²) in [5.74, 6) is -1.56. The number of aliphatic hydroxyl groups is 1. The maximum absolute atomic E-state index is 11.2. The first-order valence-corrected chi connectivity index (χ1v) is 5.13. The SMILES string of the molecule is Cc1csc(NC(=O)C(=O)NCCO)n1. The number of aliphatic hydroxyl groups excluding tert-OH is 1. The fourth-order valence-electron chi connectivity index (χ4n) is 0.815. The molecule has 0 aliphatic rings. The van der Waals surface area contributed by atoms with Gasteiger partial charge in [-0.25, -0.2) is 4.98 Å². The second-order valence-corrected chi connectivity index (χ2v) is 3.59. The predicted octanol–water partition coefficient (Wildman–Crippen LogP) is -0.501. The van der Waals surface area contributed by atoms with E-state index < -0.39 is 11.8 Å². The van der Waals surface area contributed by atoms with E-state index in [2.05, 4.69) is 15.6 Å². The Hall–Kier alpha value is -1.47. The third-order valence-corrected chi connectivity index (χ3v) is 2.32. The van der Waals surface area contributed by atoms with Crippen molar-refractivity contribution in [1.29, 1.82) is 0 Å². The number of anilines is 1. The van der Waals surface area contributed by atoms with Crippen molar-refractivity contribution < 1.29 is 14.7 Å².